The number of nitrogens with two attached hydrogens (primary N) is 1. The normalized spacial score (nSPS) is 23.7. The van der Waals surface area contributed by atoms with Crippen LogP contribution in [0.2, 0.25) is 0 Å². The molecular weight excluding hydrogens is 184 g/mol. The Hall–Kier alpha value is -1.14. The van der Waals surface area contributed by atoms with Gasteiger partial charge in [0.25, 0.3) is 0 Å². The van der Waals surface area contributed by atoms with Crippen molar-refractivity contribution < 1.29 is 9.15 Å². The molecule has 0 saturated carbocycles. The average molecular weight is 198 g/mol. The first-order valence-electron chi connectivity index (χ1n) is 4.69. The number of nitrogens with zero attached hydrogens (tertiary/aromatic N) is 2. The van der Waals surface area contributed by atoms with Crippen LogP contribution in [0, 0.1) is 0 Å². The minimum atomic E-state index is -0.224. The molecule has 78 valence electrons. The fourth-order valence-corrected chi connectivity index (χ4v) is 1.30. The van der Waals surface area contributed by atoms with Gasteiger partial charge in [0, 0.05) is 6.61 Å². The number of rotatable bonds is 3. The molecule has 0 spiro atoms. The third kappa shape index (κ3) is 2.02. The first-order valence-corrected chi connectivity index (χ1v) is 4.69. The lowest BCUT2D eigenvalue weighted by Gasteiger charge is -2.06. The van der Waals surface area contributed by atoms with Crippen molar-refractivity contribution in [2.45, 2.75) is 25.4 Å². The van der Waals surface area contributed by atoms with Gasteiger partial charge in [-0.1, -0.05) is 5.10 Å². The van der Waals surface area contributed by atoms with Gasteiger partial charge in [0.2, 0.25) is 5.89 Å². The van der Waals surface area contributed by atoms with Crippen LogP contribution >= 0.6 is 0 Å². The average Bonchev–Trinajstić information content (AvgIpc) is 2.75. The second-order valence-electron chi connectivity index (χ2n) is 3.44. The first-order chi connectivity index (χ1) is 6.75. The van der Waals surface area contributed by atoms with Crippen LogP contribution in [0.4, 0.5) is 6.01 Å². The van der Waals surface area contributed by atoms with Crippen LogP contribution in [0.3, 0.4) is 0 Å². The van der Waals surface area contributed by atoms with Crippen molar-refractivity contribution in [2.24, 2.45) is 5.73 Å². The quantitative estimate of drug-likeness (QED) is 0.726. The van der Waals surface area contributed by atoms with Gasteiger partial charge in [-0.3, -0.25) is 0 Å². The van der Waals surface area contributed by atoms with E-state index in [0.717, 1.165) is 13.0 Å². The maximum absolute atomic E-state index is 5.59. The topological polar surface area (TPSA) is 86.2 Å². The van der Waals surface area contributed by atoms with Crippen molar-refractivity contribution in [1.82, 2.24) is 10.2 Å². The van der Waals surface area contributed by atoms with Gasteiger partial charge in [-0.15, -0.1) is 5.10 Å². The van der Waals surface area contributed by atoms with E-state index in [-0.39, 0.29) is 12.1 Å². The van der Waals surface area contributed by atoms with Crippen molar-refractivity contribution in [3.8, 4) is 0 Å². The molecule has 0 aromatic carbocycles. The smallest absolute Gasteiger partial charge is 0.315 e. The Balaban J connectivity index is 1.95. The van der Waals surface area contributed by atoms with E-state index >= 15 is 0 Å². The van der Waals surface area contributed by atoms with Gasteiger partial charge in [0.15, 0.2) is 0 Å². The van der Waals surface area contributed by atoms with Crippen LogP contribution in [0.5, 0.6) is 0 Å². The summed E-state index contributed by atoms with van der Waals surface area (Å²) in [4.78, 5) is 0. The van der Waals surface area contributed by atoms with Gasteiger partial charge in [-0.2, -0.15) is 0 Å². The van der Waals surface area contributed by atoms with Gasteiger partial charge in [0.05, 0.1) is 18.7 Å². The molecule has 0 radical (unpaired) electrons. The minimum absolute atomic E-state index is 0.224. The summed E-state index contributed by atoms with van der Waals surface area (Å²) in [5, 5.41) is 10.7. The van der Waals surface area contributed by atoms with E-state index in [1.807, 2.05) is 0 Å². The fraction of sp³-hybridized carbons (Fsp3) is 0.750. The highest BCUT2D eigenvalue weighted by Gasteiger charge is 2.18. The van der Waals surface area contributed by atoms with Crippen molar-refractivity contribution in [2.75, 3.05) is 18.5 Å². The lowest BCUT2D eigenvalue weighted by molar-refractivity contribution is 0.195. The minimum Gasteiger partial charge on any atom is -0.406 e. The Bertz CT molecular complexity index is 293. The maximum atomic E-state index is 5.59. The Labute approximate surface area is 81.8 Å². The third-order valence-electron chi connectivity index (χ3n) is 2.09. The zero-order valence-corrected chi connectivity index (χ0v) is 8.06. The van der Waals surface area contributed by atoms with E-state index in [2.05, 4.69) is 15.5 Å². The molecule has 6 nitrogen and oxygen atoms in total. The van der Waals surface area contributed by atoms with E-state index < -0.39 is 0 Å². The van der Waals surface area contributed by atoms with Gasteiger partial charge in [0.1, 0.15) is 0 Å². The Kier molecular flexibility index (Phi) is 2.64. The predicted octanol–water partition coefficient (Wildman–Crippen LogP) is 0.290. The highest BCUT2D eigenvalue weighted by molar-refractivity contribution is 5.20. The molecule has 0 bridgehead atoms. The second-order valence-corrected chi connectivity index (χ2v) is 3.44. The lowest BCUT2D eigenvalue weighted by Crippen LogP contribution is -2.18. The molecule has 6 heteroatoms. The summed E-state index contributed by atoms with van der Waals surface area (Å²) in [6, 6.07) is 0.474. The van der Waals surface area contributed by atoms with Gasteiger partial charge < -0.3 is 20.2 Å². The van der Waals surface area contributed by atoms with Crippen LogP contribution < -0.4 is 11.1 Å². The summed E-state index contributed by atoms with van der Waals surface area (Å²) in [5.74, 6) is 0.450. The number of hydrogen-bond donors (Lipinski definition) is 2. The molecular formula is C8H14N4O2. The number of anilines is 1. The monoisotopic (exact) mass is 198 g/mol. The van der Waals surface area contributed by atoms with Gasteiger partial charge in [-0.25, -0.2) is 0 Å². The van der Waals surface area contributed by atoms with Crippen LogP contribution in [-0.2, 0) is 4.74 Å². The third-order valence-corrected chi connectivity index (χ3v) is 2.09. The highest BCUT2D eigenvalue weighted by atomic mass is 16.5. The Morgan fingerprint density at radius 2 is 2.43 bits per heavy atom. The van der Waals surface area contributed by atoms with E-state index in [0.29, 0.717) is 18.5 Å². The van der Waals surface area contributed by atoms with Crippen LogP contribution in [0.15, 0.2) is 4.42 Å². The molecule has 1 aliphatic heterocycles. The van der Waals surface area contributed by atoms with E-state index in [1.54, 1.807) is 6.92 Å². The summed E-state index contributed by atoms with van der Waals surface area (Å²) in [7, 11) is 0. The molecule has 2 heterocycles. The van der Waals surface area contributed by atoms with Crippen molar-refractivity contribution in [3.05, 3.63) is 5.89 Å². The highest BCUT2D eigenvalue weighted by Crippen LogP contribution is 2.14. The molecule has 1 aliphatic rings. The summed E-state index contributed by atoms with van der Waals surface area (Å²) in [6.07, 6.45) is 0.968. The van der Waals surface area contributed by atoms with Crippen LogP contribution in [0.25, 0.3) is 0 Å². The SMILES string of the molecule is CC(N)c1nnc(NC2CCOC2)o1. The number of aromatic nitrogens is 2. The van der Waals surface area contributed by atoms with Crippen molar-refractivity contribution in [3.63, 3.8) is 0 Å². The number of hydrogen-bond acceptors (Lipinski definition) is 6. The van der Waals surface area contributed by atoms with Gasteiger partial charge >= 0.3 is 6.01 Å². The summed E-state index contributed by atoms with van der Waals surface area (Å²) < 4.78 is 10.5. The van der Waals surface area contributed by atoms with Crippen molar-refractivity contribution in [1.29, 1.82) is 0 Å². The zero-order chi connectivity index (χ0) is 9.97. The predicted molar refractivity (Wildman–Crippen MR) is 49.7 cm³/mol. The summed E-state index contributed by atoms with van der Waals surface area (Å²) in [5.41, 5.74) is 5.59. The molecule has 1 saturated heterocycles. The molecule has 1 aromatic rings. The zero-order valence-electron chi connectivity index (χ0n) is 8.06. The van der Waals surface area contributed by atoms with E-state index in [4.69, 9.17) is 14.9 Å². The molecule has 2 atom stereocenters. The summed E-state index contributed by atoms with van der Waals surface area (Å²) in [6.45, 7) is 3.28. The van der Waals surface area contributed by atoms with Crippen molar-refractivity contribution >= 4 is 6.01 Å². The first kappa shape index (κ1) is 9.42. The molecule has 14 heavy (non-hydrogen) atoms. The molecule has 2 rings (SSSR count). The molecule has 2 unspecified atom stereocenters. The molecule has 0 aliphatic carbocycles. The largest absolute Gasteiger partial charge is 0.406 e. The van der Waals surface area contributed by atoms with Gasteiger partial charge in [-0.05, 0) is 13.3 Å². The number of ether oxygens (including phenoxy) is 1. The molecule has 1 fully saturated rings. The second kappa shape index (κ2) is 3.93. The summed E-state index contributed by atoms with van der Waals surface area (Å²) >= 11 is 0. The Morgan fingerprint density at radius 1 is 1.57 bits per heavy atom. The molecule has 0 amide bonds. The van der Waals surface area contributed by atoms with Crippen LogP contribution in [0.1, 0.15) is 25.3 Å². The lowest BCUT2D eigenvalue weighted by atomic mass is 10.3. The van der Waals surface area contributed by atoms with E-state index in [1.165, 1.54) is 0 Å². The maximum Gasteiger partial charge on any atom is 0.315 e. The van der Waals surface area contributed by atoms with Crippen LogP contribution in [-0.4, -0.2) is 29.5 Å². The number of nitrogens with one attached hydrogen (secondary N) is 1. The molecule has 3 N–H and O–H groups in total. The van der Waals surface area contributed by atoms with E-state index in [9.17, 15) is 0 Å². The standard InChI is InChI=1S/C8H14N4O2/c1-5(9)7-11-12-8(14-7)10-6-2-3-13-4-6/h5-6H,2-4,9H2,1H3,(H,10,12). The Morgan fingerprint density at radius 3 is 3.00 bits per heavy atom. The molecule has 1 aromatic heterocycles. The fourth-order valence-electron chi connectivity index (χ4n) is 1.30.